The molecule has 0 atom stereocenters. The number of hydrogen-bond acceptors (Lipinski definition) is 3. The van der Waals surface area contributed by atoms with Crippen LogP contribution >= 0.6 is 0 Å². The summed E-state index contributed by atoms with van der Waals surface area (Å²) in [6, 6.07) is 0. The van der Waals surface area contributed by atoms with Gasteiger partial charge in [0.15, 0.2) is 0 Å². The third-order valence-electron chi connectivity index (χ3n) is 2.51. The van der Waals surface area contributed by atoms with E-state index in [0.717, 1.165) is 6.54 Å². The Hall–Kier alpha value is -0.330. The number of ether oxygens (including phenoxy) is 1. The van der Waals surface area contributed by atoms with Crippen molar-refractivity contribution < 1.29 is 17.9 Å². The van der Waals surface area contributed by atoms with E-state index in [9.17, 15) is 13.2 Å². The molecule has 3 nitrogen and oxygen atoms in total. The summed E-state index contributed by atoms with van der Waals surface area (Å²) < 4.78 is 40.0. The van der Waals surface area contributed by atoms with E-state index in [1.54, 1.807) is 0 Å². The maximum atomic E-state index is 11.8. The molecule has 0 rings (SSSR count). The highest BCUT2D eigenvalue weighted by atomic mass is 19.4. The fraction of sp³-hybridized carbons (Fsp3) is 1.00. The molecule has 98 valence electrons. The molecule has 0 aliphatic heterocycles. The van der Waals surface area contributed by atoms with Gasteiger partial charge in [-0.2, -0.15) is 13.2 Å². The van der Waals surface area contributed by atoms with Crippen molar-refractivity contribution in [3.05, 3.63) is 0 Å². The fourth-order valence-electron chi connectivity index (χ4n) is 1.38. The molecule has 0 aromatic carbocycles. The van der Waals surface area contributed by atoms with Crippen LogP contribution < -0.4 is 5.73 Å². The first kappa shape index (κ1) is 15.7. The number of rotatable bonds is 7. The smallest absolute Gasteiger partial charge is 0.371 e. The van der Waals surface area contributed by atoms with Gasteiger partial charge in [0.25, 0.3) is 0 Å². The predicted octanol–water partition coefficient (Wildman–Crippen LogP) is 1.62. The van der Waals surface area contributed by atoms with Crippen LogP contribution in [0.15, 0.2) is 0 Å². The van der Waals surface area contributed by atoms with Gasteiger partial charge in [-0.25, -0.2) is 0 Å². The molecular formula is C10H21F3N2O. The van der Waals surface area contributed by atoms with Crippen LogP contribution in [0.5, 0.6) is 0 Å². The van der Waals surface area contributed by atoms with E-state index in [2.05, 4.69) is 4.74 Å². The third kappa shape index (κ3) is 6.30. The minimum absolute atomic E-state index is 0.0662. The lowest BCUT2D eigenvalue weighted by Crippen LogP contribution is -2.50. The molecule has 0 saturated carbocycles. The van der Waals surface area contributed by atoms with Gasteiger partial charge in [-0.3, -0.25) is 4.90 Å². The highest BCUT2D eigenvalue weighted by Crippen LogP contribution is 2.15. The monoisotopic (exact) mass is 242 g/mol. The van der Waals surface area contributed by atoms with Crippen molar-refractivity contribution in [1.29, 1.82) is 0 Å². The summed E-state index contributed by atoms with van der Waals surface area (Å²) >= 11 is 0. The summed E-state index contributed by atoms with van der Waals surface area (Å²) in [4.78, 5) is 2.00. The summed E-state index contributed by atoms with van der Waals surface area (Å²) in [5.41, 5.74) is 5.38. The van der Waals surface area contributed by atoms with Crippen LogP contribution in [0.3, 0.4) is 0 Å². The zero-order valence-corrected chi connectivity index (χ0v) is 10.1. The molecule has 6 heteroatoms. The Bertz CT molecular complexity index is 195. The maximum Gasteiger partial charge on any atom is 0.411 e. The molecular weight excluding hydrogens is 221 g/mol. The second kappa shape index (κ2) is 6.42. The van der Waals surface area contributed by atoms with E-state index in [-0.39, 0.29) is 12.1 Å². The Morgan fingerprint density at radius 1 is 1.25 bits per heavy atom. The standard InChI is InChI=1S/C10H21F3N2O/c1-4-15(9(2,3)7-14)5-6-16-8-10(11,12)13/h4-8,14H2,1-3H3. The second-order valence-electron chi connectivity index (χ2n) is 4.26. The molecule has 0 amide bonds. The average Bonchev–Trinajstić information content (AvgIpc) is 2.16. The zero-order valence-electron chi connectivity index (χ0n) is 10.1. The molecule has 0 aliphatic carbocycles. The molecule has 0 aromatic rings. The Kier molecular flexibility index (Phi) is 6.28. The van der Waals surface area contributed by atoms with E-state index < -0.39 is 12.8 Å². The van der Waals surface area contributed by atoms with Crippen molar-refractivity contribution in [2.24, 2.45) is 5.73 Å². The molecule has 0 fully saturated rings. The molecule has 0 bridgehead atoms. The minimum Gasteiger partial charge on any atom is -0.371 e. The van der Waals surface area contributed by atoms with Crippen LogP contribution in [-0.2, 0) is 4.74 Å². The third-order valence-corrected chi connectivity index (χ3v) is 2.51. The molecule has 0 heterocycles. The van der Waals surface area contributed by atoms with Crippen molar-refractivity contribution in [1.82, 2.24) is 4.90 Å². The van der Waals surface area contributed by atoms with Crippen molar-refractivity contribution in [2.45, 2.75) is 32.5 Å². The molecule has 2 N–H and O–H groups in total. The lowest BCUT2D eigenvalue weighted by molar-refractivity contribution is -0.175. The van der Waals surface area contributed by atoms with Crippen LogP contribution in [0.1, 0.15) is 20.8 Å². The molecule has 16 heavy (non-hydrogen) atoms. The van der Waals surface area contributed by atoms with E-state index in [0.29, 0.717) is 13.1 Å². The fourth-order valence-corrected chi connectivity index (χ4v) is 1.38. The Morgan fingerprint density at radius 2 is 1.81 bits per heavy atom. The highest BCUT2D eigenvalue weighted by molar-refractivity contribution is 4.81. The van der Waals surface area contributed by atoms with Crippen molar-refractivity contribution >= 4 is 0 Å². The van der Waals surface area contributed by atoms with Crippen LogP contribution in [0.2, 0.25) is 0 Å². The number of hydrogen-bond donors (Lipinski definition) is 1. The lowest BCUT2D eigenvalue weighted by atomic mass is 10.0. The molecule has 0 spiro atoms. The maximum absolute atomic E-state index is 11.8. The van der Waals surface area contributed by atoms with Crippen LogP contribution in [-0.4, -0.2) is 49.5 Å². The molecule has 0 aromatic heterocycles. The minimum atomic E-state index is -4.25. The first-order valence-corrected chi connectivity index (χ1v) is 5.32. The van der Waals surface area contributed by atoms with Gasteiger partial charge in [0.1, 0.15) is 6.61 Å². The Morgan fingerprint density at radius 3 is 2.19 bits per heavy atom. The SMILES string of the molecule is CCN(CCOCC(F)(F)F)C(C)(C)CN. The van der Waals surface area contributed by atoms with Gasteiger partial charge in [0.05, 0.1) is 6.61 Å². The summed E-state index contributed by atoms with van der Waals surface area (Å²) in [5, 5.41) is 0. The second-order valence-corrected chi connectivity index (χ2v) is 4.26. The van der Waals surface area contributed by atoms with Gasteiger partial charge in [0, 0.05) is 18.6 Å². The number of nitrogens with two attached hydrogens (primary N) is 1. The molecule has 0 radical (unpaired) electrons. The van der Waals surface area contributed by atoms with Gasteiger partial charge in [0.2, 0.25) is 0 Å². The van der Waals surface area contributed by atoms with Crippen molar-refractivity contribution in [3.63, 3.8) is 0 Å². The Balaban J connectivity index is 3.89. The van der Waals surface area contributed by atoms with E-state index in [4.69, 9.17) is 5.73 Å². The topological polar surface area (TPSA) is 38.5 Å². The van der Waals surface area contributed by atoms with Gasteiger partial charge in [-0.15, -0.1) is 0 Å². The van der Waals surface area contributed by atoms with Gasteiger partial charge in [-0.1, -0.05) is 6.92 Å². The highest BCUT2D eigenvalue weighted by Gasteiger charge is 2.28. The van der Waals surface area contributed by atoms with Crippen molar-refractivity contribution in [3.8, 4) is 0 Å². The summed E-state index contributed by atoms with van der Waals surface area (Å²) in [7, 11) is 0. The van der Waals surface area contributed by atoms with Crippen LogP contribution in [0.25, 0.3) is 0 Å². The lowest BCUT2D eigenvalue weighted by Gasteiger charge is -2.36. The van der Waals surface area contributed by atoms with Crippen molar-refractivity contribution in [2.75, 3.05) is 32.8 Å². The van der Waals surface area contributed by atoms with E-state index in [1.807, 2.05) is 25.7 Å². The first-order chi connectivity index (χ1) is 7.23. The Labute approximate surface area is 94.7 Å². The average molecular weight is 242 g/mol. The molecule has 0 aliphatic rings. The van der Waals surface area contributed by atoms with Gasteiger partial charge < -0.3 is 10.5 Å². The summed E-state index contributed by atoms with van der Waals surface area (Å²) in [6.45, 7) is 6.39. The summed E-state index contributed by atoms with van der Waals surface area (Å²) in [6.07, 6.45) is -4.25. The number of likely N-dealkylation sites (N-methyl/N-ethyl adjacent to an activating group) is 1. The van der Waals surface area contributed by atoms with Gasteiger partial charge in [-0.05, 0) is 20.4 Å². The number of alkyl halides is 3. The zero-order chi connectivity index (χ0) is 12.8. The first-order valence-electron chi connectivity index (χ1n) is 5.32. The predicted molar refractivity (Wildman–Crippen MR) is 57.3 cm³/mol. The normalized spacial score (nSPS) is 13.5. The number of halogens is 3. The molecule has 0 unspecified atom stereocenters. The largest absolute Gasteiger partial charge is 0.411 e. The molecule has 0 saturated heterocycles. The van der Waals surface area contributed by atoms with Gasteiger partial charge >= 0.3 is 6.18 Å². The van der Waals surface area contributed by atoms with Crippen LogP contribution in [0.4, 0.5) is 13.2 Å². The quantitative estimate of drug-likeness (QED) is 0.689. The van der Waals surface area contributed by atoms with E-state index in [1.165, 1.54) is 0 Å². The number of nitrogens with zero attached hydrogens (tertiary/aromatic N) is 1. The van der Waals surface area contributed by atoms with E-state index >= 15 is 0 Å². The summed E-state index contributed by atoms with van der Waals surface area (Å²) in [5.74, 6) is 0. The van der Waals surface area contributed by atoms with Crippen LogP contribution in [0, 0.1) is 0 Å².